The van der Waals surface area contributed by atoms with Gasteiger partial charge in [0.05, 0.1) is 13.1 Å². The quantitative estimate of drug-likeness (QED) is 0.733. The first kappa shape index (κ1) is 23.7. The minimum absolute atomic E-state index is 0.00431. The summed E-state index contributed by atoms with van der Waals surface area (Å²) >= 11 is 0. The second-order valence-corrected chi connectivity index (χ2v) is 9.12. The number of rotatable bonds is 5. The van der Waals surface area contributed by atoms with Gasteiger partial charge in [0.25, 0.3) is 0 Å². The molecule has 4 rings (SSSR count). The van der Waals surface area contributed by atoms with E-state index in [2.05, 4.69) is 5.32 Å². The number of urea groups is 1. The molecule has 9 heteroatoms. The average Bonchev–Trinajstić information content (AvgIpc) is 2.80. The van der Waals surface area contributed by atoms with Gasteiger partial charge in [-0.05, 0) is 29.2 Å². The fourth-order valence-electron chi connectivity index (χ4n) is 4.67. The zero-order valence-corrected chi connectivity index (χ0v) is 19.6. The van der Waals surface area contributed by atoms with Gasteiger partial charge in [0, 0.05) is 20.1 Å². The molecule has 4 amide bonds. The van der Waals surface area contributed by atoms with E-state index in [4.69, 9.17) is 0 Å². The lowest BCUT2D eigenvalue weighted by Gasteiger charge is -2.55. The van der Waals surface area contributed by atoms with E-state index in [0.717, 1.165) is 11.1 Å². The Morgan fingerprint density at radius 2 is 1.74 bits per heavy atom. The van der Waals surface area contributed by atoms with Crippen LogP contribution in [-0.2, 0) is 22.7 Å². The predicted molar refractivity (Wildman–Crippen MR) is 124 cm³/mol. The highest BCUT2D eigenvalue weighted by Gasteiger charge is 2.51. The summed E-state index contributed by atoms with van der Waals surface area (Å²) in [4.78, 5) is 43.1. The Balaban J connectivity index is 1.59. The third-order valence-electron chi connectivity index (χ3n) is 6.28. The lowest BCUT2D eigenvalue weighted by molar-refractivity contribution is -0.190. The van der Waals surface area contributed by atoms with Crippen LogP contribution < -0.4 is 5.32 Å². The second-order valence-electron chi connectivity index (χ2n) is 9.12. The first-order valence-electron chi connectivity index (χ1n) is 11.4. The van der Waals surface area contributed by atoms with Gasteiger partial charge in [0.1, 0.15) is 18.0 Å². The molecule has 2 atom stereocenters. The maximum atomic E-state index is 13.4. The van der Waals surface area contributed by atoms with Crippen LogP contribution in [0.4, 0.5) is 9.18 Å². The highest BCUT2D eigenvalue weighted by atomic mass is 19.1. The molecule has 1 N–H and O–H groups in total. The zero-order chi connectivity index (χ0) is 24.4. The Morgan fingerprint density at radius 3 is 2.38 bits per heavy atom. The molecule has 2 heterocycles. The maximum absolute atomic E-state index is 13.4. The smallest absolute Gasteiger partial charge is 0.333 e. The molecule has 0 aromatic heterocycles. The molecule has 0 bridgehead atoms. The number of nitrogens with zero attached hydrogens (tertiary/aromatic N) is 4. The Labute approximate surface area is 198 Å². The number of hydrogen-bond donors (Lipinski definition) is 1. The molecule has 0 saturated carbocycles. The van der Waals surface area contributed by atoms with Gasteiger partial charge in [-0.1, -0.05) is 56.3 Å². The third kappa shape index (κ3) is 4.75. The summed E-state index contributed by atoms with van der Waals surface area (Å²) in [5.41, 5.74) is 1.74. The number of hydrogen-bond acceptors (Lipinski definition) is 4. The van der Waals surface area contributed by atoms with E-state index in [1.807, 2.05) is 44.2 Å². The van der Waals surface area contributed by atoms with Crippen LogP contribution in [0.15, 0.2) is 54.6 Å². The average molecular weight is 468 g/mol. The van der Waals surface area contributed by atoms with Gasteiger partial charge < -0.3 is 15.1 Å². The van der Waals surface area contributed by atoms with Crippen molar-refractivity contribution < 1.29 is 18.8 Å². The van der Waals surface area contributed by atoms with Crippen molar-refractivity contribution in [2.24, 2.45) is 5.92 Å². The lowest BCUT2D eigenvalue weighted by atomic mass is 9.96. The number of benzene rings is 2. The Bertz CT molecular complexity index is 1050. The summed E-state index contributed by atoms with van der Waals surface area (Å²) in [6.07, 6.45) is -0.631. The van der Waals surface area contributed by atoms with Crippen LogP contribution in [0.5, 0.6) is 0 Å². The molecular formula is C25H30FN5O3. The molecule has 180 valence electrons. The molecular weight excluding hydrogens is 437 g/mol. The molecule has 0 aliphatic carbocycles. The number of halogens is 1. The normalized spacial score (nSPS) is 21.1. The molecule has 34 heavy (non-hydrogen) atoms. The Morgan fingerprint density at radius 1 is 1.06 bits per heavy atom. The number of piperazine rings is 1. The summed E-state index contributed by atoms with van der Waals surface area (Å²) in [6.45, 7) is 4.64. The molecule has 8 nitrogen and oxygen atoms in total. The van der Waals surface area contributed by atoms with Crippen molar-refractivity contribution in [2.75, 3.05) is 20.1 Å². The first-order valence-corrected chi connectivity index (χ1v) is 11.4. The van der Waals surface area contributed by atoms with Crippen molar-refractivity contribution in [3.63, 3.8) is 0 Å². The number of nitrogens with one attached hydrogen (secondary N) is 1. The SMILES string of the molecule is CC(C)[C@H]1C(=O)N(Cc2ccccc2)C[C@H]2N1C(=O)CN(C)N2C(=O)NCc1ccc(F)cc1. The van der Waals surface area contributed by atoms with Gasteiger partial charge in [0.2, 0.25) is 11.8 Å². The molecule has 0 radical (unpaired) electrons. The largest absolute Gasteiger partial charge is 0.334 e. The van der Waals surface area contributed by atoms with Crippen molar-refractivity contribution >= 4 is 17.8 Å². The third-order valence-corrected chi connectivity index (χ3v) is 6.28. The van der Waals surface area contributed by atoms with E-state index in [9.17, 15) is 18.8 Å². The molecule has 2 saturated heterocycles. The van der Waals surface area contributed by atoms with Crippen LogP contribution in [-0.4, -0.2) is 70.0 Å². The molecule has 2 aromatic carbocycles. The van der Waals surface area contributed by atoms with E-state index in [1.165, 1.54) is 17.1 Å². The van der Waals surface area contributed by atoms with Crippen molar-refractivity contribution in [1.82, 2.24) is 25.1 Å². The number of carbonyl (C=O) groups is 3. The molecule has 2 fully saturated rings. The van der Waals surface area contributed by atoms with Crippen LogP contribution >= 0.6 is 0 Å². The van der Waals surface area contributed by atoms with E-state index in [-0.39, 0.29) is 49.2 Å². The second kappa shape index (κ2) is 9.80. The molecule has 0 unspecified atom stereocenters. The molecule has 2 aliphatic rings. The van der Waals surface area contributed by atoms with Crippen LogP contribution in [0.2, 0.25) is 0 Å². The first-order chi connectivity index (χ1) is 16.3. The predicted octanol–water partition coefficient (Wildman–Crippen LogP) is 2.42. The molecule has 2 aromatic rings. The van der Waals surface area contributed by atoms with Crippen molar-refractivity contribution in [1.29, 1.82) is 0 Å². The highest BCUT2D eigenvalue weighted by Crippen LogP contribution is 2.30. The van der Waals surface area contributed by atoms with Crippen molar-refractivity contribution in [3.05, 3.63) is 71.5 Å². The number of amides is 4. The van der Waals surface area contributed by atoms with E-state index in [0.29, 0.717) is 6.54 Å². The van der Waals surface area contributed by atoms with E-state index >= 15 is 0 Å². The Kier molecular flexibility index (Phi) is 6.83. The number of likely N-dealkylation sites (N-methyl/N-ethyl adjacent to an activating group) is 1. The van der Waals surface area contributed by atoms with Gasteiger partial charge in [-0.3, -0.25) is 9.59 Å². The number of hydrazine groups is 1. The minimum Gasteiger partial charge on any atom is -0.333 e. The summed E-state index contributed by atoms with van der Waals surface area (Å²) in [6, 6.07) is 14.5. The number of carbonyl (C=O) groups excluding carboxylic acids is 3. The van der Waals surface area contributed by atoms with E-state index < -0.39 is 12.2 Å². The minimum atomic E-state index is -0.656. The standard InChI is InChI=1S/C25H30FN5O3/c1-17(2)23-24(33)29(14-19-7-5-4-6-8-19)15-21-30(23)22(32)16-28(3)31(21)25(34)27-13-18-9-11-20(26)12-10-18/h4-12,17,21,23H,13-16H2,1-3H3,(H,27,34)/t21-,23-/m0/s1. The van der Waals surface area contributed by atoms with Gasteiger partial charge in [-0.25, -0.2) is 19.2 Å². The van der Waals surface area contributed by atoms with Crippen molar-refractivity contribution in [3.8, 4) is 0 Å². The lowest BCUT2D eigenvalue weighted by Crippen LogP contribution is -2.76. The zero-order valence-electron chi connectivity index (χ0n) is 19.6. The number of fused-ring (bicyclic) bond motifs is 1. The summed E-state index contributed by atoms with van der Waals surface area (Å²) in [5.74, 6) is -0.753. The van der Waals surface area contributed by atoms with Gasteiger partial charge in [-0.2, -0.15) is 0 Å². The maximum Gasteiger partial charge on any atom is 0.334 e. The van der Waals surface area contributed by atoms with Crippen molar-refractivity contribution in [2.45, 2.75) is 39.1 Å². The van der Waals surface area contributed by atoms with Gasteiger partial charge in [0.15, 0.2) is 0 Å². The van der Waals surface area contributed by atoms with Gasteiger partial charge in [-0.15, -0.1) is 0 Å². The highest BCUT2D eigenvalue weighted by molar-refractivity contribution is 5.91. The molecule has 2 aliphatic heterocycles. The summed E-state index contributed by atoms with van der Waals surface area (Å²) < 4.78 is 13.2. The van der Waals surface area contributed by atoms with Crippen LogP contribution in [0.1, 0.15) is 25.0 Å². The van der Waals surface area contributed by atoms with Crippen LogP contribution in [0, 0.1) is 11.7 Å². The van der Waals surface area contributed by atoms with Crippen LogP contribution in [0.25, 0.3) is 0 Å². The fraction of sp³-hybridized carbons (Fsp3) is 0.400. The summed E-state index contributed by atoms with van der Waals surface area (Å²) in [5, 5.41) is 5.98. The monoisotopic (exact) mass is 467 g/mol. The molecule has 0 spiro atoms. The van der Waals surface area contributed by atoms with Crippen LogP contribution in [0.3, 0.4) is 0 Å². The summed E-state index contributed by atoms with van der Waals surface area (Å²) in [7, 11) is 1.69. The Hall–Kier alpha value is -3.46. The van der Waals surface area contributed by atoms with E-state index in [1.54, 1.807) is 34.0 Å². The van der Waals surface area contributed by atoms with Gasteiger partial charge >= 0.3 is 6.03 Å². The topological polar surface area (TPSA) is 76.2 Å². The fourth-order valence-corrected chi connectivity index (χ4v) is 4.67.